The van der Waals surface area contributed by atoms with Gasteiger partial charge in [0.25, 0.3) is 0 Å². The van der Waals surface area contributed by atoms with Gasteiger partial charge in [-0.05, 0) is 25.7 Å². The molecule has 0 unspecified atom stereocenters. The Hall–Kier alpha value is -1.91. The van der Waals surface area contributed by atoms with Crippen LogP contribution >= 0.6 is 0 Å². The Bertz CT molecular complexity index is 426. The van der Waals surface area contributed by atoms with E-state index < -0.39 is 5.97 Å². The Morgan fingerprint density at radius 3 is 2.82 bits per heavy atom. The molecule has 2 rings (SSSR count). The first-order chi connectivity index (χ1) is 8.25. The van der Waals surface area contributed by atoms with E-state index >= 15 is 0 Å². The Kier molecular flexibility index (Phi) is 3.69. The molecule has 5 heteroatoms. The normalized spacial score (nSPS) is 15.2. The van der Waals surface area contributed by atoms with Crippen molar-refractivity contribution in [1.82, 2.24) is 9.97 Å². The lowest BCUT2D eigenvalue weighted by atomic mass is 10.00. The number of carboxylic acids is 1. The number of carbonyl (C=O) groups is 1. The van der Waals surface area contributed by atoms with Crippen LogP contribution in [0.25, 0.3) is 0 Å². The lowest BCUT2D eigenvalue weighted by molar-refractivity contribution is 0.0690. The molecule has 1 aliphatic carbocycles. The first-order valence-electron chi connectivity index (χ1n) is 5.73. The number of hydrogen-bond donors (Lipinski definition) is 2. The smallest absolute Gasteiger partial charge is 0.356 e. The number of allylic oxidation sites excluding steroid dienone is 1. The zero-order valence-electron chi connectivity index (χ0n) is 9.52. The fourth-order valence-electron chi connectivity index (χ4n) is 1.80. The van der Waals surface area contributed by atoms with Crippen LogP contribution in [0.15, 0.2) is 24.0 Å². The molecule has 0 fully saturated rings. The van der Waals surface area contributed by atoms with E-state index in [0.717, 1.165) is 19.4 Å². The summed E-state index contributed by atoms with van der Waals surface area (Å²) in [6, 6.07) is 0. The van der Waals surface area contributed by atoms with Gasteiger partial charge in [-0.15, -0.1) is 0 Å². The molecule has 2 N–H and O–H groups in total. The number of nitrogens with one attached hydrogen (secondary N) is 1. The van der Waals surface area contributed by atoms with Gasteiger partial charge in [0.15, 0.2) is 5.69 Å². The summed E-state index contributed by atoms with van der Waals surface area (Å²) in [5, 5.41) is 11.8. The van der Waals surface area contributed by atoms with E-state index in [4.69, 9.17) is 5.11 Å². The van der Waals surface area contributed by atoms with Crippen molar-refractivity contribution in [3.63, 3.8) is 0 Å². The molecule has 0 bridgehead atoms. The van der Waals surface area contributed by atoms with Crippen LogP contribution in [0.4, 0.5) is 5.82 Å². The molecule has 1 aromatic heterocycles. The third-order valence-electron chi connectivity index (χ3n) is 2.75. The third kappa shape index (κ3) is 3.27. The highest BCUT2D eigenvalue weighted by Gasteiger charge is 2.06. The second-order valence-corrected chi connectivity index (χ2v) is 4.05. The summed E-state index contributed by atoms with van der Waals surface area (Å²) in [4.78, 5) is 18.4. The van der Waals surface area contributed by atoms with Gasteiger partial charge in [-0.1, -0.05) is 11.6 Å². The summed E-state index contributed by atoms with van der Waals surface area (Å²) >= 11 is 0. The Morgan fingerprint density at radius 2 is 2.24 bits per heavy atom. The highest BCUT2D eigenvalue weighted by atomic mass is 16.4. The van der Waals surface area contributed by atoms with Crippen molar-refractivity contribution in [2.24, 2.45) is 0 Å². The topological polar surface area (TPSA) is 75.1 Å². The molecule has 17 heavy (non-hydrogen) atoms. The lowest BCUT2D eigenvalue weighted by Crippen LogP contribution is -2.09. The number of rotatable bonds is 4. The average molecular weight is 233 g/mol. The summed E-state index contributed by atoms with van der Waals surface area (Å²) < 4.78 is 0. The summed E-state index contributed by atoms with van der Waals surface area (Å²) in [6.45, 7) is 0.765. The maximum atomic E-state index is 10.6. The highest BCUT2D eigenvalue weighted by molar-refractivity contribution is 5.84. The van der Waals surface area contributed by atoms with Crippen LogP contribution in [-0.2, 0) is 0 Å². The number of aromatic carboxylic acids is 1. The van der Waals surface area contributed by atoms with E-state index in [9.17, 15) is 4.79 Å². The molecular weight excluding hydrogens is 218 g/mol. The summed E-state index contributed by atoms with van der Waals surface area (Å²) in [5.74, 6) is -0.444. The second kappa shape index (κ2) is 5.43. The van der Waals surface area contributed by atoms with E-state index in [-0.39, 0.29) is 5.69 Å². The number of nitrogens with zero attached hydrogens (tertiary/aromatic N) is 2. The fraction of sp³-hybridized carbons (Fsp3) is 0.417. The fourth-order valence-corrected chi connectivity index (χ4v) is 1.80. The zero-order valence-corrected chi connectivity index (χ0v) is 9.52. The van der Waals surface area contributed by atoms with Crippen molar-refractivity contribution in [3.05, 3.63) is 29.7 Å². The van der Waals surface area contributed by atoms with Crippen molar-refractivity contribution in [1.29, 1.82) is 0 Å². The van der Waals surface area contributed by atoms with Crippen LogP contribution in [0.2, 0.25) is 0 Å². The van der Waals surface area contributed by atoms with Crippen molar-refractivity contribution in [2.75, 3.05) is 11.9 Å². The first-order valence-corrected chi connectivity index (χ1v) is 5.73. The molecule has 1 aliphatic rings. The highest BCUT2D eigenvalue weighted by Crippen LogP contribution is 2.17. The molecule has 0 aromatic carbocycles. The molecule has 0 atom stereocenters. The molecule has 0 spiro atoms. The predicted octanol–water partition coefficient (Wildman–Crippen LogP) is 2.09. The lowest BCUT2D eigenvalue weighted by Gasteiger charge is -2.13. The van der Waals surface area contributed by atoms with E-state index in [1.807, 2.05) is 0 Å². The van der Waals surface area contributed by atoms with Crippen molar-refractivity contribution in [2.45, 2.75) is 25.7 Å². The minimum atomic E-state index is -1.06. The monoisotopic (exact) mass is 233 g/mol. The van der Waals surface area contributed by atoms with Crippen LogP contribution < -0.4 is 5.32 Å². The predicted molar refractivity (Wildman–Crippen MR) is 64.0 cm³/mol. The van der Waals surface area contributed by atoms with Crippen LogP contribution in [0.3, 0.4) is 0 Å². The van der Waals surface area contributed by atoms with Gasteiger partial charge in [0.05, 0.1) is 12.4 Å². The van der Waals surface area contributed by atoms with Gasteiger partial charge >= 0.3 is 5.97 Å². The van der Waals surface area contributed by atoms with E-state index in [0.29, 0.717) is 5.82 Å². The largest absolute Gasteiger partial charge is 0.476 e. The molecule has 0 saturated carbocycles. The van der Waals surface area contributed by atoms with Crippen LogP contribution in [-0.4, -0.2) is 27.6 Å². The van der Waals surface area contributed by atoms with Gasteiger partial charge in [0.1, 0.15) is 5.82 Å². The maximum absolute atomic E-state index is 10.6. The van der Waals surface area contributed by atoms with Crippen molar-refractivity contribution >= 4 is 11.8 Å². The van der Waals surface area contributed by atoms with Gasteiger partial charge < -0.3 is 10.4 Å². The number of hydrogen-bond acceptors (Lipinski definition) is 4. The molecule has 0 saturated heterocycles. The van der Waals surface area contributed by atoms with Gasteiger partial charge in [-0.25, -0.2) is 14.8 Å². The van der Waals surface area contributed by atoms with Gasteiger partial charge in [-0.2, -0.15) is 0 Å². The van der Waals surface area contributed by atoms with Crippen molar-refractivity contribution in [3.8, 4) is 0 Å². The molecule has 1 heterocycles. The average Bonchev–Trinajstić information content (AvgIpc) is 2.38. The quantitative estimate of drug-likeness (QED) is 0.779. The van der Waals surface area contributed by atoms with Gasteiger partial charge in [-0.3, -0.25) is 0 Å². The van der Waals surface area contributed by atoms with Gasteiger partial charge in [0, 0.05) is 6.54 Å². The van der Waals surface area contributed by atoms with Crippen LogP contribution in [0.5, 0.6) is 0 Å². The minimum Gasteiger partial charge on any atom is -0.476 e. The number of anilines is 1. The van der Waals surface area contributed by atoms with E-state index in [2.05, 4.69) is 21.4 Å². The summed E-state index contributed by atoms with van der Waals surface area (Å²) in [5.41, 5.74) is 1.35. The molecule has 1 aromatic rings. The number of carboxylic acid groups (broad SMARTS) is 1. The zero-order chi connectivity index (χ0) is 12.1. The molecule has 0 aliphatic heterocycles. The van der Waals surface area contributed by atoms with E-state index in [1.165, 1.54) is 30.8 Å². The van der Waals surface area contributed by atoms with Gasteiger partial charge in [0.2, 0.25) is 0 Å². The Labute approximate surface area is 99.6 Å². The molecule has 0 amide bonds. The molecule has 5 nitrogen and oxygen atoms in total. The second-order valence-electron chi connectivity index (χ2n) is 4.05. The molecule has 0 radical (unpaired) electrons. The Balaban J connectivity index is 1.90. The maximum Gasteiger partial charge on any atom is 0.356 e. The number of aromatic nitrogens is 2. The third-order valence-corrected chi connectivity index (χ3v) is 2.75. The van der Waals surface area contributed by atoms with Crippen LogP contribution in [0, 0.1) is 0 Å². The summed E-state index contributed by atoms with van der Waals surface area (Å²) in [7, 11) is 0. The first kappa shape index (κ1) is 11.6. The molecule has 90 valence electrons. The SMILES string of the molecule is O=C(O)c1cnc(NCC2=CCCCC2)cn1. The standard InChI is InChI=1S/C12H15N3O2/c16-12(17)10-7-15-11(8-13-10)14-6-9-4-2-1-3-5-9/h4,7-8H,1-3,5-6H2,(H,14,15)(H,16,17). The van der Waals surface area contributed by atoms with E-state index in [1.54, 1.807) is 0 Å². The molecular formula is C12H15N3O2. The minimum absolute atomic E-state index is 0.0348. The Morgan fingerprint density at radius 1 is 1.35 bits per heavy atom. The summed E-state index contributed by atoms with van der Waals surface area (Å²) in [6.07, 6.45) is 9.78. The van der Waals surface area contributed by atoms with Crippen LogP contribution in [0.1, 0.15) is 36.2 Å². The van der Waals surface area contributed by atoms with Crippen molar-refractivity contribution < 1.29 is 9.90 Å².